The molecule has 0 radical (unpaired) electrons. The molecule has 31 heavy (non-hydrogen) atoms. The van der Waals surface area contributed by atoms with E-state index >= 15 is 0 Å². The number of hydrogen-bond acceptors (Lipinski definition) is 6. The third kappa shape index (κ3) is 3.81. The summed E-state index contributed by atoms with van der Waals surface area (Å²) in [6, 6.07) is 13.3. The molecule has 3 atom stereocenters. The Kier molecular flexibility index (Phi) is 5.33. The fourth-order valence-electron chi connectivity index (χ4n) is 3.85. The molecule has 3 amide bonds. The summed E-state index contributed by atoms with van der Waals surface area (Å²) < 4.78 is 5.35. The maximum atomic E-state index is 12.7. The maximum absolute atomic E-state index is 12.7. The van der Waals surface area contributed by atoms with E-state index in [0.717, 1.165) is 5.56 Å². The first-order valence-corrected chi connectivity index (χ1v) is 9.76. The van der Waals surface area contributed by atoms with Crippen molar-refractivity contribution in [3.63, 3.8) is 0 Å². The maximum Gasteiger partial charge on any atom is 0.350 e. The molecule has 0 bridgehead atoms. The summed E-state index contributed by atoms with van der Waals surface area (Å²) in [6.07, 6.45) is -1.15. The number of fused-ring (bicyclic) bond motifs is 1. The summed E-state index contributed by atoms with van der Waals surface area (Å²) in [7, 11) is 0. The lowest BCUT2D eigenvalue weighted by Gasteiger charge is -2.43. The van der Waals surface area contributed by atoms with Crippen LogP contribution in [0.1, 0.15) is 22.8 Å². The zero-order valence-corrected chi connectivity index (χ0v) is 16.7. The van der Waals surface area contributed by atoms with E-state index in [-0.39, 0.29) is 30.4 Å². The van der Waals surface area contributed by atoms with Crippen LogP contribution in [0, 0.1) is 0 Å². The number of phenols is 1. The largest absolute Gasteiger partial charge is 0.508 e. The van der Waals surface area contributed by atoms with Crippen molar-refractivity contribution < 1.29 is 29.0 Å². The number of rotatable bonds is 5. The molecule has 2 aromatic rings. The average Bonchev–Trinajstić information content (AvgIpc) is 3.13. The molecule has 0 spiro atoms. The molecule has 9 heteroatoms. The van der Waals surface area contributed by atoms with E-state index in [1.54, 1.807) is 12.1 Å². The summed E-state index contributed by atoms with van der Waals surface area (Å²) in [6.45, 7) is 1.46. The predicted molar refractivity (Wildman–Crippen MR) is 107 cm³/mol. The van der Waals surface area contributed by atoms with Crippen molar-refractivity contribution in [2.75, 3.05) is 6.54 Å². The minimum Gasteiger partial charge on any atom is -0.508 e. The van der Waals surface area contributed by atoms with E-state index in [0.29, 0.717) is 0 Å². The second-order valence-electron chi connectivity index (χ2n) is 7.45. The lowest BCUT2D eigenvalue weighted by Crippen LogP contribution is -2.71. The van der Waals surface area contributed by atoms with Crippen molar-refractivity contribution >= 4 is 23.7 Å². The van der Waals surface area contributed by atoms with Gasteiger partial charge in [-0.25, -0.2) is 4.79 Å². The van der Waals surface area contributed by atoms with Crippen LogP contribution in [0.25, 0.3) is 0 Å². The Morgan fingerprint density at radius 3 is 2.42 bits per heavy atom. The number of aromatic hydroxyl groups is 1. The first kappa shape index (κ1) is 20.4. The molecule has 2 heterocycles. The molecule has 9 nitrogen and oxygen atoms in total. The van der Waals surface area contributed by atoms with Gasteiger partial charge < -0.3 is 25.0 Å². The molecule has 4 rings (SSSR count). The quantitative estimate of drug-likeness (QED) is 0.538. The number of benzene rings is 2. The Morgan fingerprint density at radius 1 is 1.10 bits per heavy atom. The highest BCUT2D eigenvalue weighted by Crippen LogP contribution is 2.33. The number of nitrogens with one attached hydrogen (secondary N) is 1. The minimum absolute atomic E-state index is 0.0206. The van der Waals surface area contributed by atoms with Crippen LogP contribution in [0.15, 0.2) is 54.6 Å². The highest BCUT2D eigenvalue weighted by Gasteiger charge is 2.60. The molecule has 0 aliphatic carbocycles. The molecular formula is C22H21N3O6. The number of esters is 1. The van der Waals surface area contributed by atoms with Crippen LogP contribution >= 0.6 is 0 Å². The van der Waals surface area contributed by atoms with Gasteiger partial charge in [0, 0.05) is 19.0 Å². The van der Waals surface area contributed by atoms with Gasteiger partial charge in [0.15, 0.2) is 0 Å². The number of phenolic OH excluding ortho intramolecular Hbond substituents is 1. The molecule has 0 aromatic heterocycles. The van der Waals surface area contributed by atoms with Crippen molar-refractivity contribution in [1.29, 1.82) is 0 Å². The molecule has 3 unspecified atom stereocenters. The highest BCUT2D eigenvalue weighted by atomic mass is 16.5. The highest BCUT2D eigenvalue weighted by molar-refractivity contribution is 6.02. The molecule has 2 aliphatic rings. The second kappa shape index (κ2) is 8.10. The van der Waals surface area contributed by atoms with Crippen LogP contribution in [0.4, 0.5) is 0 Å². The summed E-state index contributed by atoms with van der Waals surface area (Å²) >= 11 is 0. The van der Waals surface area contributed by atoms with Crippen molar-refractivity contribution in [3.8, 4) is 5.75 Å². The Bertz CT molecular complexity index is 1020. The molecule has 0 saturated carbocycles. The third-order valence-corrected chi connectivity index (χ3v) is 5.46. The van der Waals surface area contributed by atoms with Crippen LogP contribution in [-0.2, 0) is 25.7 Å². The molecule has 2 saturated heterocycles. The predicted octanol–water partition coefficient (Wildman–Crippen LogP) is 0.633. The molecule has 160 valence electrons. The van der Waals surface area contributed by atoms with Gasteiger partial charge in [0.1, 0.15) is 18.4 Å². The molecule has 2 aliphatic heterocycles. The smallest absolute Gasteiger partial charge is 0.350 e. The van der Waals surface area contributed by atoms with E-state index in [9.17, 15) is 24.3 Å². The standard InChI is InChI=1S/C22H21N3O6/c1-13(26)24-11-17-18(23-19(28)15-7-9-16(27)10-8-15)21(29)25(17)20(24)22(30)31-12-14-5-3-2-4-6-14/h2-10,17-18,20,27H,11-12H2,1H3,(H,23,28). The number of β-lactam (4-membered cyclic amide) rings is 1. The van der Waals surface area contributed by atoms with Gasteiger partial charge in [-0.15, -0.1) is 0 Å². The number of nitrogens with zero attached hydrogens (tertiary/aromatic N) is 2. The van der Waals surface area contributed by atoms with Crippen LogP contribution in [-0.4, -0.2) is 63.4 Å². The van der Waals surface area contributed by atoms with Gasteiger partial charge >= 0.3 is 5.97 Å². The Morgan fingerprint density at radius 2 is 1.77 bits per heavy atom. The SMILES string of the molecule is CC(=O)N1CC2C(NC(=O)c3ccc(O)cc3)C(=O)N2C1C(=O)OCc1ccccc1. The fourth-order valence-corrected chi connectivity index (χ4v) is 3.85. The summed E-state index contributed by atoms with van der Waals surface area (Å²) in [5.41, 5.74) is 1.07. The van der Waals surface area contributed by atoms with E-state index in [1.807, 2.05) is 18.2 Å². The molecule has 2 fully saturated rings. The monoisotopic (exact) mass is 423 g/mol. The van der Waals surface area contributed by atoms with E-state index in [1.165, 1.54) is 41.0 Å². The Hall–Kier alpha value is -3.88. The van der Waals surface area contributed by atoms with Crippen LogP contribution < -0.4 is 5.32 Å². The molecule has 2 N–H and O–H groups in total. The van der Waals surface area contributed by atoms with Crippen LogP contribution in [0.5, 0.6) is 5.75 Å². The topological polar surface area (TPSA) is 116 Å². The van der Waals surface area contributed by atoms with Crippen molar-refractivity contribution in [2.45, 2.75) is 31.8 Å². The number of amides is 3. The first-order valence-electron chi connectivity index (χ1n) is 9.76. The van der Waals surface area contributed by atoms with Crippen LogP contribution in [0.3, 0.4) is 0 Å². The minimum atomic E-state index is -1.15. The van der Waals surface area contributed by atoms with Gasteiger partial charge in [-0.3, -0.25) is 14.4 Å². The van der Waals surface area contributed by atoms with Crippen LogP contribution in [0.2, 0.25) is 0 Å². The molecular weight excluding hydrogens is 402 g/mol. The normalized spacial score (nSPS) is 21.8. The van der Waals surface area contributed by atoms with E-state index < -0.39 is 36.0 Å². The summed E-state index contributed by atoms with van der Waals surface area (Å²) in [5, 5.41) is 12.0. The van der Waals surface area contributed by atoms with Gasteiger partial charge in [0.25, 0.3) is 5.91 Å². The Balaban J connectivity index is 1.45. The molecule has 2 aromatic carbocycles. The third-order valence-electron chi connectivity index (χ3n) is 5.46. The average molecular weight is 423 g/mol. The van der Waals surface area contributed by atoms with E-state index in [4.69, 9.17) is 4.74 Å². The van der Waals surface area contributed by atoms with Gasteiger partial charge in [0.2, 0.25) is 18.0 Å². The number of hydrogen-bond donors (Lipinski definition) is 2. The van der Waals surface area contributed by atoms with Crippen molar-refractivity contribution in [2.24, 2.45) is 0 Å². The summed E-state index contributed by atoms with van der Waals surface area (Å²) in [4.78, 5) is 52.6. The van der Waals surface area contributed by atoms with Gasteiger partial charge in [-0.05, 0) is 29.8 Å². The lowest BCUT2D eigenvalue weighted by atomic mass is 9.96. The fraction of sp³-hybridized carbons (Fsp3) is 0.273. The number of carbonyl (C=O) groups excluding carboxylic acids is 4. The summed E-state index contributed by atoms with van der Waals surface area (Å²) in [5.74, 6) is -1.98. The van der Waals surface area contributed by atoms with Crippen molar-refractivity contribution in [1.82, 2.24) is 15.1 Å². The first-order chi connectivity index (χ1) is 14.9. The van der Waals surface area contributed by atoms with E-state index in [2.05, 4.69) is 5.32 Å². The van der Waals surface area contributed by atoms with Crippen molar-refractivity contribution in [3.05, 3.63) is 65.7 Å². The second-order valence-corrected chi connectivity index (χ2v) is 7.45. The lowest BCUT2D eigenvalue weighted by molar-refractivity contribution is -0.169. The van der Waals surface area contributed by atoms with Gasteiger partial charge in [-0.2, -0.15) is 0 Å². The van der Waals surface area contributed by atoms with Gasteiger partial charge in [-0.1, -0.05) is 30.3 Å². The number of carbonyl (C=O) groups is 4. The zero-order valence-electron chi connectivity index (χ0n) is 16.7. The Labute approximate surface area is 178 Å². The number of ether oxygens (including phenoxy) is 1. The zero-order chi connectivity index (χ0) is 22.1. The van der Waals surface area contributed by atoms with Gasteiger partial charge in [0.05, 0.1) is 6.04 Å².